The van der Waals surface area contributed by atoms with Crippen LogP contribution in [0.4, 0.5) is 18.9 Å². The van der Waals surface area contributed by atoms with Gasteiger partial charge in [-0.05, 0) is 86.4 Å². The van der Waals surface area contributed by atoms with Gasteiger partial charge in [0.2, 0.25) is 0 Å². The first-order valence-electron chi connectivity index (χ1n) is 12.3. The van der Waals surface area contributed by atoms with E-state index in [1.54, 1.807) is 6.20 Å². The number of pyridine rings is 2. The zero-order valence-electron chi connectivity index (χ0n) is 21.3. The number of nitrogens with two attached hydrogens (primary N) is 1. The molecule has 2 heterocycles. The second-order valence-electron chi connectivity index (χ2n) is 10.5. The van der Waals surface area contributed by atoms with Crippen molar-refractivity contribution in [2.24, 2.45) is 11.7 Å². The van der Waals surface area contributed by atoms with E-state index in [4.69, 9.17) is 5.73 Å². The highest BCUT2D eigenvalue weighted by Crippen LogP contribution is 2.38. The van der Waals surface area contributed by atoms with Crippen LogP contribution in [0.3, 0.4) is 0 Å². The van der Waals surface area contributed by atoms with E-state index in [1.807, 2.05) is 6.07 Å². The van der Waals surface area contributed by atoms with Crippen molar-refractivity contribution in [3.63, 3.8) is 0 Å². The molecule has 2 aromatic heterocycles. The number of benzene rings is 1. The molecule has 1 saturated carbocycles. The first-order valence-corrected chi connectivity index (χ1v) is 12.3. The number of carbonyl (C=O) groups is 2. The molecule has 0 aliphatic heterocycles. The molecule has 38 heavy (non-hydrogen) atoms. The first kappa shape index (κ1) is 27.3. The second-order valence-corrected chi connectivity index (χ2v) is 10.5. The molecule has 0 radical (unpaired) electrons. The van der Waals surface area contributed by atoms with Crippen molar-refractivity contribution < 1.29 is 27.9 Å². The number of amides is 1. The summed E-state index contributed by atoms with van der Waals surface area (Å²) in [4.78, 5) is 32.6. The van der Waals surface area contributed by atoms with Gasteiger partial charge in [-0.3, -0.25) is 14.6 Å². The average Bonchev–Trinajstić information content (AvgIpc) is 2.84. The summed E-state index contributed by atoms with van der Waals surface area (Å²) in [5.41, 5.74) is 4.04. The maximum Gasteiger partial charge on any atom is 0.313 e. The van der Waals surface area contributed by atoms with Crippen molar-refractivity contribution in [3.8, 4) is 11.3 Å². The third-order valence-electron chi connectivity index (χ3n) is 7.14. The minimum absolute atomic E-state index is 0.0408. The Morgan fingerprint density at radius 1 is 1.05 bits per heavy atom. The fourth-order valence-electron chi connectivity index (χ4n) is 4.99. The molecule has 1 aliphatic rings. The molecule has 7 nitrogen and oxygen atoms in total. The second kappa shape index (κ2) is 10.5. The number of aliphatic carboxylic acids is 1. The summed E-state index contributed by atoms with van der Waals surface area (Å²) in [6.07, 6.45) is 5.71. The van der Waals surface area contributed by atoms with Crippen LogP contribution in [0.15, 0.2) is 42.7 Å². The van der Waals surface area contributed by atoms with Crippen LogP contribution in [0.5, 0.6) is 0 Å². The van der Waals surface area contributed by atoms with Crippen LogP contribution in [-0.4, -0.2) is 33.0 Å². The quantitative estimate of drug-likeness (QED) is 0.396. The molecule has 3 atom stereocenters. The third kappa shape index (κ3) is 5.40. The number of hydrogen-bond acceptors (Lipinski definition) is 5. The van der Waals surface area contributed by atoms with Gasteiger partial charge >= 0.3 is 5.97 Å². The van der Waals surface area contributed by atoms with E-state index >= 15 is 8.78 Å². The van der Waals surface area contributed by atoms with Crippen LogP contribution >= 0.6 is 0 Å². The summed E-state index contributed by atoms with van der Waals surface area (Å²) in [7, 11) is 0. The Morgan fingerprint density at radius 2 is 1.74 bits per heavy atom. The van der Waals surface area contributed by atoms with E-state index in [0.717, 1.165) is 49.1 Å². The number of nitrogens with zero attached hydrogens (tertiary/aromatic N) is 2. The Bertz CT molecular complexity index is 1360. The highest BCUT2D eigenvalue weighted by molar-refractivity contribution is 6.03. The Balaban J connectivity index is 1.66. The van der Waals surface area contributed by atoms with Crippen LogP contribution in [0.25, 0.3) is 11.3 Å². The molecule has 4 N–H and O–H groups in total. The summed E-state index contributed by atoms with van der Waals surface area (Å²) in [5.74, 6) is -4.91. The largest absolute Gasteiger partial charge is 0.481 e. The lowest BCUT2D eigenvalue weighted by Gasteiger charge is -2.32. The minimum atomic E-state index is -1.59. The normalized spacial score (nSPS) is 19.7. The smallest absolute Gasteiger partial charge is 0.313 e. The molecule has 3 aromatic rings. The molecule has 0 saturated heterocycles. The number of carboxylic acids is 1. The van der Waals surface area contributed by atoms with E-state index in [0.29, 0.717) is 11.6 Å². The number of aromatic nitrogens is 2. The molecule has 10 heteroatoms. The molecule has 0 unspecified atom stereocenters. The Hall–Kier alpha value is -3.79. The number of hydrogen-bond donors (Lipinski definition) is 3. The van der Waals surface area contributed by atoms with Crippen LogP contribution in [0, 0.1) is 23.4 Å². The van der Waals surface area contributed by atoms with Gasteiger partial charge in [-0.2, -0.15) is 0 Å². The highest BCUT2D eigenvalue weighted by atomic mass is 19.1. The van der Waals surface area contributed by atoms with Gasteiger partial charge in [-0.1, -0.05) is 6.92 Å². The van der Waals surface area contributed by atoms with E-state index < -0.39 is 46.0 Å². The third-order valence-corrected chi connectivity index (χ3v) is 7.14. The topological polar surface area (TPSA) is 118 Å². The van der Waals surface area contributed by atoms with Crippen LogP contribution in [0.1, 0.15) is 67.6 Å². The van der Waals surface area contributed by atoms with Crippen molar-refractivity contribution in [2.45, 2.75) is 57.4 Å². The Labute approximate surface area is 218 Å². The summed E-state index contributed by atoms with van der Waals surface area (Å²) in [6, 6.07) is 5.53. The Kier molecular flexibility index (Phi) is 7.55. The first-order chi connectivity index (χ1) is 17.9. The van der Waals surface area contributed by atoms with E-state index in [-0.39, 0.29) is 23.2 Å². The molecule has 200 valence electrons. The molecule has 4 rings (SSSR count). The van der Waals surface area contributed by atoms with Gasteiger partial charge in [-0.15, -0.1) is 0 Å². The predicted octanol–water partition coefficient (Wildman–Crippen LogP) is 5.41. The lowest BCUT2D eigenvalue weighted by atomic mass is 9.76. The summed E-state index contributed by atoms with van der Waals surface area (Å²) in [5, 5.41) is 12.1. The molecular formula is C28H29F3N4O3. The SMILES string of the molecule is C[C@@H]1C[C@H](N)C[C@H](c2ccncc2NC(=O)c2ccc(F)c(-c3c(F)cc(C(C)(C)C(=O)O)cc3F)n2)C1. The van der Waals surface area contributed by atoms with Crippen molar-refractivity contribution >= 4 is 17.6 Å². The van der Waals surface area contributed by atoms with Crippen molar-refractivity contribution in [1.82, 2.24) is 9.97 Å². The van der Waals surface area contributed by atoms with Crippen LogP contribution in [-0.2, 0) is 10.2 Å². The molecular weight excluding hydrogens is 497 g/mol. The lowest BCUT2D eigenvalue weighted by molar-refractivity contribution is -0.142. The predicted molar refractivity (Wildman–Crippen MR) is 136 cm³/mol. The highest BCUT2D eigenvalue weighted by Gasteiger charge is 2.32. The number of carbonyl (C=O) groups excluding carboxylic acids is 1. The zero-order chi connectivity index (χ0) is 27.8. The Morgan fingerprint density at radius 3 is 2.37 bits per heavy atom. The van der Waals surface area contributed by atoms with E-state index in [2.05, 4.69) is 22.2 Å². The van der Waals surface area contributed by atoms with Crippen molar-refractivity contribution in [2.75, 3.05) is 5.32 Å². The summed E-state index contributed by atoms with van der Waals surface area (Å²) >= 11 is 0. The molecule has 1 amide bonds. The fraction of sp³-hybridized carbons (Fsp3) is 0.357. The van der Waals surface area contributed by atoms with Gasteiger partial charge in [0.25, 0.3) is 5.91 Å². The van der Waals surface area contributed by atoms with Crippen LogP contribution < -0.4 is 11.1 Å². The summed E-state index contributed by atoms with van der Waals surface area (Å²) in [6.45, 7) is 4.71. The molecule has 1 fully saturated rings. The maximum atomic E-state index is 15.0. The van der Waals surface area contributed by atoms with Gasteiger partial charge < -0.3 is 16.2 Å². The molecule has 1 aliphatic carbocycles. The van der Waals surface area contributed by atoms with Gasteiger partial charge in [0.15, 0.2) is 0 Å². The standard InChI is InChI=1S/C28H29F3N4O3/c1-14-8-15(10-17(32)9-14)18-6-7-33-13-23(18)35-26(36)22-5-4-19(29)25(34-22)24-20(30)11-16(12-21(24)31)28(2,3)27(37)38/h4-7,11-15,17H,8-10,32H2,1-3H3,(H,35,36)(H,37,38)/t14-,15+,17-/m0/s1. The van der Waals surface area contributed by atoms with Crippen molar-refractivity contribution in [3.05, 3.63) is 77.0 Å². The lowest BCUT2D eigenvalue weighted by Crippen LogP contribution is -2.31. The average molecular weight is 527 g/mol. The van der Waals surface area contributed by atoms with Gasteiger partial charge in [0.05, 0.1) is 22.9 Å². The van der Waals surface area contributed by atoms with E-state index in [9.17, 15) is 19.1 Å². The van der Waals surface area contributed by atoms with Crippen molar-refractivity contribution in [1.29, 1.82) is 0 Å². The van der Waals surface area contributed by atoms with Gasteiger partial charge in [0.1, 0.15) is 28.8 Å². The number of rotatable bonds is 6. The monoisotopic (exact) mass is 526 g/mol. The number of nitrogens with one attached hydrogen (secondary N) is 1. The molecule has 1 aromatic carbocycles. The number of halogens is 3. The number of anilines is 1. The van der Waals surface area contributed by atoms with Gasteiger partial charge in [-0.25, -0.2) is 18.2 Å². The van der Waals surface area contributed by atoms with E-state index in [1.165, 1.54) is 20.0 Å². The number of carboxylic acid groups (broad SMARTS) is 1. The zero-order valence-corrected chi connectivity index (χ0v) is 21.3. The maximum absolute atomic E-state index is 15.0. The molecule has 0 spiro atoms. The minimum Gasteiger partial charge on any atom is -0.481 e. The van der Waals surface area contributed by atoms with Crippen LogP contribution in [0.2, 0.25) is 0 Å². The summed E-state index contributed by atoms with van der Waals surface area (Å²) < 4.78 is 44.7. The fourth-order valence-corrected chi connectivity index (χ4v) is 4.99. The molecule has 0 bridgehead atoms. The van der Waals surface area contributed by atoms with Gasteiger partial charge in [0, 0.05) is 12.2 Å².